The lowest BCUT2D eigenvalue weighted by atomic mass is 9.48. The van der Waals surface area contributed by atoms with E-state index in [2.05, 4.69) is 17.4 Å². The zero-order valence-corrected chi connectivity index (χ0v) is 22.3. The van der Waals surface area contributed by atoms with E-state index >= 15 is 0 Å². The van der Waals surface area contributed by atoms with Crippen LogP contribution in [0.15, 0.2) is 42.5 Å². The van der Waals surface area contributed by atoms with E-state index in [4.69, 9.17) is 9.47 Å². The van der Waals surface area contributed by atoms with Crippen molar-refractivity contribution >= 4 is 27.3 Å². The number of hydrogen-bond donors (Lipinski definition) is 1. The first-order valence-electron chi connectivity index (χ1n) is 13.6. The Morgan fingerprint density at radius 2 is 1.57 bits per heavy atom. The first kappa shape index (κ1) is 24.6. The van der Waals surface area contributed by atoms with E-state index in [0.717, 1.165) is 23.4 Å². The molecule has 7 nitrogen and oxygen atoms in total. The van der Waals surface area contributed by atoms with Crippen LogP contribution in [0.2, 0.25) is 0 Å². The van der Waals surface area contributed by atoms with Crippen molar-refractivity contribution in [3.05, 3.63) is 48.0 Å². The number of amides is 1. The van der Waals surface area contributed by atoms with Crippen molar-refractivity contribution in [2.75, 3.05) is 35.6 Å². The summed E-state index contributed by atoms with van der Waals surface area (Å²) >= 11 is 0. The third-order valence-corrected chi connectivity index (χ3v) is 9.99. The molecule has 2 aromatic carbocycles. The SMILES string of the molecule is CS(=O)(=O)N(CCCC(=O)Nc1ccc(C23CC4CC(CC(C4)C2)C3)cc1)c1ccc2c(c1)OCCO2. The fourth-order valence-corrected chi connectivity index (χ4v) is 8.61. The largest absolute Gasteiger partial charge is 0.486 e. The van der Waals surface area contributed by atoms with Crippen LogP contribution >= 0.6 is 0 Å². The van der Waals surface area contributed by atoms with Crippen molar-refractivity contribution in [1.29, 1.82) is 0 Å². The number of rotatable bonds is 8. The van der Waals surface area contributed by atoms with E-state index in [0.29, 0.717) is 42.2 Å². The normalized spacial score (nSPS) is 27.6. The van der Waals surface area contributed by atoms with E-state index in [9.17, 15) is 13.2 Å². The molecule has 4 aliphatic carbocycles. The Morgan fingerprint density at radius 1 is 0.946 bits per heavy atom. The standard InChI is InChI=1S/C29H36N2O5S/c1-37(33,34)31(25-8-9-26-27(16-25)36-12-11-35-26)10-2-3-28(32)30-24-6-4-23(5-7-24)29-17-20-13-21(18-29)15-22(14-20)19-29/h4-9,16,20-22H,2-3,10-15,17-19H2,1H3,(H,30,32). The van der Waals surface area contributed by atoms with Crippen LogP contribution in [0.4, 0.5) is 11.4 Å². The van der Waals surface area contributed by atoms with Crippen molar-refractivity contribution in [3.8, 4) is 11.5 Å². The van der Waals surface area contributed by atoms with Gasteiger partial charge in [0.25, 0.3) is 0 Å². The van der Waals surface area contributed by atoms with Crippen molar-refractivity contribution in [2.45, 2.75) is 56.8 Å². The predicted octanol–water partition coefficient (Wildman–Crippen LogP) is 5.11. The average Bonchev–Trinajstić information content (AvgIpc) is 2.85. The highest BCUT2D eigenvalue weighted by molar-refractivity contribution is 7.92. The fourth-order valence-electron chi connectivity index (χ4n) is 7.65. The maximum Gasteiger partial charge on any atom is 0.232 e. The average molecular weight is 525 g/mol. The second kappa shape index (κ2) is 9.53. The molecule has 198 valence electrons. The number of anilines is 2. The third-order valence-electron chi connectivity index (χ3n) is 8.80. The highest BCUT2D eigenvalue weighted by Crippen LogP contribution is 2.60. The number of nitrogens with zero attached hydrogens (tertiary/aromatic N) is 1. The van der Waals surface area contributed by atoms with Gasteiger partial charge in [0.2, 0.25) is 15.9 Å². The molecule has 0 spiro atoms. The first-order chi connectivity index (χ1) is 17.8. The molecule has 1 aliphatic heterocycles. The highest BCUT2D eigenvalue weighted by atomic mass is 32.2. The maximum atomic E-state index is 12.7. The quantitative estimate of drug-likeness (QED) is 0.519. The Kier molecular flexibility index (Phi) is 6.33. The zero-order chi connectivity index (χ0) is 25.6. The van der Waals surface area contributed by atoms with Crippen molar-refractivity contribution in [1.82, 2.24) is 0 Å². The summed E-state index contributed by atoms with van der Waals surface area (Å²) in [4.78, 5) is 12.7. The Bertz CT molecular complexity index is 1240. The molecule has 0 aromatic heterocycles. The molecule has 0 atom stereocenters. The highest BCUT2D eigenvalue weighted by Gasteiger charge is 2.51. The number of nitrogens with one attached hydrogen (secondary N) is 1. The van der Waals surface area contributed by atoms with Gasteiger partial charge in [-0.05, 0) is 97.9 Å². The van der Waals surface area contributed by atoms with Gasteiger partial charge in [-0.25, -0.2) is 8.42 Å². The van der Waals surface area contributed by atoms with Gasteiger partial charge in [-0.2, -0.15) is 0 Å². The molecule has 4 saturated carbocycles. The summed E-state index contributed by atoms with van der Waals surface area (Å²) in [6.45, 7) is 1.11. The van der Waals surface area contributed by atoms with Crippen molar-refractivity contribution in [3.63, 3.8) is 0 Å². The molecule has 4 bridgehead atoms. The minimum absolute atomic E-state index is 0.113. The number of carbonyl (C=O) groups is 1. The maximum absolute atomic E-state index is 12.7. The lowest BCUT2D eigenvalue weighted by molar-refractivity contribution is -0.116. The van der Waals surface area contributed by atoms with Gasteiger partial charge < -0.3 is 14.8 Å². The van der Waals surface area contributed by atoms with Gasteiger partial charge >= 0.3 is 0 Å². The van der Waals surface area contributed by atoms with Crippen molar-refractivity contribution in [2.24, 2.45) is 17.8 Å². The van der Waals surface area contributed by atoms with Crippen molar-refractivity contribution < 1.29 is 22.7 Å². The van der Waals surface area contributed by atoms with Gasteiger partial charge in [0.05, 0.1) is 11.9 Å². The smallest absolute Gasteiger partial charge is 0.232 e. The third kappa shape index (κ3) is 5.05. The molecule has 1 heterocycles. The molecule has 7 rings (SSSR count). The second-order valence-electron chi connectivity index (χ2n) is 11.6. The molecule has 0 radical (unpaired) electrons. The summed E-state index contributed by atoms with van der Waals surface area (Å²) < 4.78 is 37.4. The Morgan fingerprint density at radius 3 is 2.19 bits per heavy atom. The molecule has 4 fully saturated rings. The van der Waals surface area contributed by atoms with E-state index in [1.165, 1.54) is 54.6 Å². The molecule has 0 unspecified atom stereocenters. The number of hydrogen-bond acceptors (Lipinski definition) is 5. The topological polar surface area (TPSA) is 84.9 Å². The molecule has 2 aromatic rings. The molecule has 37 heavy (non-hydrogen) atoms. The van der Waals surface area contributed by atoms with E-state index in [1.807, 2.05) is 12.1 Å². The molecule has 1 amide bonds. The second-order valence-corrected chi connectivity index (χ2v) is 13.5. The summed E-state index contributed by atoms with van der Waals surface area (Å²) in [5.74, 6) is 3.74. The lowest BCUT2D eigenvalue weighted by Crippen LogP contribution is -2.48. The van der Waals surface area contributed by atoms with Crippen LogP contribution in [0.5, 0.6) is 11.5 Å². The summed E-state index contributed by atoms with van der Waals surface area (Å²) in [6, 6.07) is 13.6. The van der Waals surface area contributed by atoms with Gasteiger partial charge in [0, 0.05) is 24.7 Å². The molecule has 1 N–H and O–H groups in total. The monoisotopic (exact) mass is 524 g/mol. The number of ether oxygens (including phenoxy) is 2. The van der Waals surface area contributed by atoms with Crippen LogP contribution in [0.1, 0.15) is 56.9 Å². The number of sulfonamides is 1. The first-order valence-corrected chi connectivity index (χ1v) is 15.4. The van der Waals surface area contributed by atoms with Crippen LogP contribution in [-0.2, 0) is 20.2 Å². The van der Waals surface area contributed by atoms with Gasteiger partial charge in [0.15, 0.2) is 11.5 Å². The molecular formula is C29H36N2O5S. The fraction of sp³-hybridized carbons (Fsp3) is 0.552. The predicted molar refractivity (Wildman–Crippen MR) is 144 cm³/mol. The van der Waals surface area contributed by atoms with E-state index in [-0.39, 0.29) is 18.9 Å². The number of carbonyl (C=O) groups excluding carboxylic acids is 1. The van der Waals surface area contributed by atoms with Crippen LogP contribution in [-0.4, -0.2) is 40.3 Å². The van der Waals surface area contributed by atoms with Gasteiger partial charge in [-0.1, -0.05) is 12.1 Å². The summed E-state index contributed by atoms with van der Waals surface area (Å²) in [5, 5.41) is 2.99. The van der Waals surface area contributed by atoms with Crippen LogP contribution < -0.4 is 19.1 Å². The van der Waals surface area contributed by atoms with Gasteiger partial charge in [-0.3, -0.25) is 9.10 Å². The molecule has 0 saturated heterocycles. The van der Waals surface area contributed by atoms with Crippen LogP contribution in [0.25, 0.3) is 0 Å². The van der Waals surface area contributed by atoms with E-state index < -0.39 is 10.0 Å². The Labute approximate surface area is 219 Å². The Balaban J connectivity index is 1.05. The molecule has 5 aliphatic rings. The van der Waals surface area contributed by atoms with E-state index in [1.54, 1.807) is 18.2 Å². The van der Waals surface area contributed by atoms with Crippen LogP contribution in [0, 0.1) is 17.8 Å². The molecule has 8 heteroatoms. The summed E-state index contributed by atoms with van der Waals surface area (Å²) in [5.41, 5.74) is 3.09. The van der Waals surface area contributed by atoms with Gasteiger partial charge in [-0.15, -0.1) is 0 Å². The summed E-state index contributed by atoms with van der Waals surface area (Å²) in [6.07, 6.45) is 10.1. The summed E-state index contributed by atoms with van der Waals surface area (Å²) in [7, 11) is -3.52. The van der Waals surface area contributed by atoms with Crippen LogP contribution in [0.3, 0.4) is 0 Å². The minimum atomic E-state index is -3.52. The minimum Gasteiger partial charge on any atom is -0.486 e. The number of fused-ring (bicyclic) bond motifs is 1. The van der Waals surface area contributed by atoms with Gasteiger partial charge in [0.1, 0.15) is 13.2 Å². The zero-order valence-electron chi connectivity index (χ0n) is 21.4. The molecular weight excluding hydrogens is 488 g/mol. The Hall–Kier alpha value is -2.74. The number of benzene rings is 2. The lowest BCUT2D eigenvalue weighted by Gasteiger charge is -2.57.